The Hall–Kier alpha value is -3.19. The van der Waals surface area contributed by atoms with Gasteiger partial charge in [-0.15, -0.1) is 16.4 Å². The van der Waals surface area contributed by atoms with Gasteiger partial charge in [0.2, 0.25) is 0 Å². The van der Waals surface area contributed by atoms with Gasteiger partial charge in [-0.2, -0.15) is 18.3 Å². The zero-order valence-electron chi connectivity index (χ0n) is 21.6. The highest BCUT2D eigenvalue weighted by Gasteiger charge is 2.33. The number of halogens is 5. The summed E-state index contributed by atoms with van der Waals surface area (Å²) in [7, 11) is 0. The third-order valence-corrected chi connectivity index (χ3v) is 7.10. The lowest BCUT2D eigenvalue weighted by molar-refractivity contribution is -0.141. The largest absolute Gasteiger partial charge is 0.490 e. The quantitative estimate of drug-likeness (QED) is 0.340. The monoisotopic (exact) mass is 569 g/mol. The van der Waals surface area contributed by atoms with Crippen molar-refractivity contribution in [1.82, 2.24) is 25.4 Å². The van der Waals surface area contributed by atoms with Crippen molar-refractivity contribution in [2.24, 2.45) is 0 Å². The molecule has 1 fully saturated rings. The second-order valence-electron chi connectivity index (χ2n) is 9.72. The van der Waals surface area contributed by atoms with E-state index in [1.807, 2.05) is 6.92 Å². The number of carbonyl (C=O) groups excluding carboxylic acids is 1. The van der Waals surface area contributed by atoms with E-state index in [1.54, 1.807) is 36.2 Å². The fourth-order valence-electron chi connectivity index (χ4n) is 4.26. The fraction of sp³-hybridized carbons (Fsp3) is 0.462. The SMILES string of the molecule is Cc1cnc(-c2cc(OC3CCN(CC(C)(F)F)CC3)cc(C(=O)N[C@H](C)c3ccc(C(F)(F)F)nn3)c2)s1. The molecule has 39 heavy (non-hydrogen) atoms. The number of hydrogen-bond donors (Lipinski definition) is 1. The molecule has 0 unspecified atom stereocenters. The number of amides is 1. The molecule has 1 N–H and O–H groups in total. The molecule has 0 aliphatic carbocycles. The van der Waals surface area contributed by atoms with Gasteiger partial charge in [0.15, 0.2) is 5.69 Å². The van der Waals surface area contributed by atoms with E-state index in [0.717, 1.165) is 17.9 Å². The zero-order valence-corrected chi connectivity index (χ0v) is 22.4. The number of piperidine rings is 1. The molecule has 13 heteroatoms. The third kappa shape index (κ3) is 7.91. The summed E-state index contributed by atoms with van der Waals surface area (Å²) in [5.74, 6) is -2.81. The summed E-state index contributed by atoms with van der Waals surface area (Å²) in [5.41, 5.74) is -0.0119. The smallest absolute Gasteiger partial charge is 0.435 e. The summed E-state index contributed by atoms with van der Waals surface area (Å²) in [6, 6.07) is 6.30. The van der Waals surface area contributed by atoms with Crippen LogP contribution in [0.3, 0.4) is 0 Å². The van der Waals surface area contributed by atoms with E-state index in [1.165, 1.54) is 17.4 Å². The lowest BCUT2D eigenvalue weighted by Gasteiger charge is -2.33. The summed E-state index contributed by atoms with van der Waals surface area (Å²) in [6.07, 6.45) is -1.99. The summed E-state index contributed by atoms with van der Waals surface area (Å²) in [4.78, 5) is 20.3. The van der Waals surface area contributed by atoms with Gasteiger partial charge in [-0.3, -0.25) is 9.69 Å². The number of thiazole rings is 1. The summed E-state index contributed by atoms with van der Waals surface area (Å²) in [6.45, 7) is 5.05. The molecule has 1 amide bonds. The average Bonchev–Trinajstić information content (AvgIpc) is 3.30. The summed E-state index contributed by atoms with van der Waals surface area (Å²) >= 11 is 1.45. The number of aromatic nitrogens is 3. The molecule has 3 aromatic rings. The van der Waals surface area contributed by atoms with Crippen LogP contribution in [-0.2, 0) is 6.18 Å². The maximum atomic E-state index is 13.4. The Morgan fingerprint density at radius 1 is 1.15 bits per heavy atom. The Bertz CT molecular complexity index is 1290. The minimum Gasteiger partial charge on any atom is -0.490 e. The molecule has 0 bridgehead atoms. The van der Waals surface area contributed by atoms with Crippen molar-refractivity contribution in [2.75, 3.05) is 19.6 Å². The molecule has 2 aromatic heterocycles. The van der Waals surface area contributed by atoms with Crippen LogP contribution in [0.1, 0.15) is 59.4 Å². The van der Waals surface area contributed by atoms with Crippen LogP contribution in [0, 0.1) is 6.92 Å². The number of hydrogen-bond acceptors (Lipinski definition) is 7. The Kier molecular flexibility index (Phi) is 8.50. The number of likely N-dealkylation sites (tertiary alicyclic amines) is 1. The van der Waals surface area contributed by atoms with Crippen LogP contribution in [0.25, 0.3) is 10.6 Å². The van der Waals surface area contributed by atoms with Crippen LogP contribution in [0.4, 0.5) is 22.0 Å². The number of benzene rings is 1. The van der Waals surface area contributed by atoms with Gasteiger partial charge in [0.1, 0.15) is 16.9 Å². The Morgan fingerprint density at radius 3 is 2.44 bits per heavy atom. The molecule has 1 aliphatic heterocycles. The van der Waals surface area contributed by atoms with E-state index in [2.05, 4.69) is 20.5 Å². The standard InChI is InChI=1S/C26H28F5N5O2S/c1-15-13-32-24(39-15)18-10-17(23(37)33-16(2)21-4-5-22(35-34-21)26(29,30)31)11-20(12-18)38-19-6-8-36(9-7-19)14-25(3,27)28/h4-5,10-13,16,19H,6-9,14H2,1-3H3,(H,33,37)/t16-/m1/s1. The van der Waals surface area contributed by atoms with Crippen LogP contribution in [0.2, 0.25) is 0 Å². The predicted octanol–water partition coefficient (Wildman–Crippen LogP) is 5.92. The van der Waals surface area contributed by atoms with Gasteiger partial charge in [0.25, 0.3) is 11.8 Å². The maximum Gasteiger partial charge on any atom is 0.435 e. The topological polar surface area (TPSA) is 80.2 Å². The first-order chi connectivity index (χ1) is 18.3. The molecule has 0 spiro atoms. The summed E-state index contributed by atoms with van der Waals surface area (Å²) in [5, 5.41) is 10.3. The van der Waals surface area contributed by atoms with Gasteiger partial charge in [0.05, 0.1) is 18.3 Å². The molecule has 7 nitrogen and oxygen atoms in total. The van der Waals surface area contributed by atoms with Crippen molar-refractivity contribution in [3.63, 3.8) is 0 Å². The molecule has 1 atom stereocenters. The second-order valence-corrected chi connectivity index (χ2v) is 11.0. The van der Waals surface area contributed by atoms with Gasteiger partial charge in [-0.05, 0) is 57.0 Å². The van der Waals surface area contributed by atoms with Crippen molar-refractivity contribution in [3.05, 3.63) is 58.4 Å². The van der Waals surface area contributed by atoms with E-state index in [4.69, 9.17) is 4.74 Å². The molecule has 1 aromatic carbocycles. The Labute approximate surface area is 226 Å². The van der Waals surface area contributed by atoms with Crippen LogP contribution >= 0.6 is 11.3 Å². The van der Waals surface area contributed by atoms with Gasteiger partial charge in [0, 0.05) is 42.2 Å². The minimum absolute atomic E-state index is 0.170. The first-order valence-corrected chi connectivity index (χ1v) is 13.1. The first kappa shape index (κ1) is 28.8. The molecule has 210 valence electrons. The van der Waals surface area contributed by atoms with Crippen molar-refractivity contribution in [1.29, 1.82) is 0 Å². The number of rotatable bonds is 8. The number of aryl methyl sites for hydroxylation is 1. The first-order valence-electron chi connectivity index (χ1n) is 12.3. The van der Waals surface area contributed by atoms with Crippen LogP contribution < -0.4 is 10.1 Å². The minimum atomic E-state index is -4.61. The highest BCUT2D eigenvalue weighted by Crippen LogP contribution is 2.32. The highest BCUT2D eigenvalue weighted by atomic mass is 32.1. The molecular weight excluding hydrogens is 541 g/mol. The van der Waals surface area contributed by atoms with E-state index < -0.39 is 29.7 Å². The van der Waals surface area contributed by atoms with Crippen molar-refractivity contribution in [2.45, 2.75) is 57.9 Å². The van der Waals surface area contributed by atoms with Crippen LogP contribution in [0.5, 0.6) is 5.75 Å². The highest BCUT2D eigenvalue weighted by molar-refractivity contribution is 7.14. The number of alkyl halides is 5. The fourth-order valence-corrected chi connectivity index (χ4v) is 5.01. The number of nitrogens with zero attached hydrogens (tertiary/aromatic N) is 4. The lowest BCUT2D eigenvalue weighted by atomic mass is 10.1. The van der Waals surface area contributed by atoms with Crippen LogP contribution in [-0.4, -0.2) is 57.6 Å². The van der Waals surface area contributed by atoms with Crippen LogP contribution in [0.15, 0.2) is 36.5 Å². The van der Waals surface area contributed by atoms with E-state index in [-0.39, 0.29) is 23.9 Å². The lowest BCUT2D eigenvalue weighted by Crippen LogP contribution is -2.43. The van der Waals surface area contributed by atoms with Crippen molar-refractivity contribution >= 4 is 17.2 Å². The number of nitrogens with one attached hydrogen (secondary N) is 1. The van der Waals surface area contributed by atoms with Gasteiger partial charge < -0.3 is 10.1 Å². The van der Waals surface area contributed by atoms with Gasteiger partial charge in [-0.1, -0.05) is 0 Å². The third-order valence-electron chi connectivity index (χ3n) is 6.14. The maximum absolute atomic E-state index is 13.4. The normalized spacial score (nSPS) is 16.2. The van der Waals surface area contributed by atoms with Gasteiger partial charge in [-0.25, -0.2) is 13.8 Å². The molecule has 1 saturated heterocycles. The molecule has 0 radical (unpaired) electrons. The average molecular weight is 570 g/mol. The van der Waals surface area contributed by atoms with Gasteiger partial charge >= 0.3 is 6.18 Å². The molecule has 1 aliphatic rings. The van der Waals surface area contributed by atoms with E-state index in [0.29, 0.717) is 42.3 Å². The van der Waals surface area contributed by atoms with Crippen molar-refractivity contribution in [3.8, 4) is 16.3 Å². The summed E-state index contributed by atoms with van der Waals surface area (Å²) < 4.78 is 71.3. The van der Waals surface area contributed by atoms with E-state index in [9.17, 15) is 26.7 Å². The molecule has 0 saturated carbocycles. The predicted molar refractivity (Wildman–Crippen MR) is 136 cm³/mol. The second kappa shape index (κ2) is 11.5. The van der Waals surface area contributed by atoms with Crippen molar-refractivity contribution < 1.29 is 31.5 Å². The molecular formula is C26H28F5N5O2S. The zero-order chi connectivity index (χ0) is 28.4. The molecule has 3 heterocycles. The Morgan fingerprint density at radius 2 is 1.87 bits per heavy atom. The van der Waals surface area contributed by atoms with E-state index >= 15 is 0 Å². The number of carbonyl (C=O) groups is 1. The molecule has 4 rings (SSSR count). The Balaban J connectivity index is 1.50. The number of ether oxygens (including phenoxy) is 1.